The predicted molar refractivity (Wildman–Crippen MR) is 74.4 cm³/mol. The van der Waals surface area contributed by atoms with Gasteiger partial charge in [-0.3, -0.25) is 0 Å². The number of rotatable bonds is 2. The number of hydrogen-bond donors (Lipinski definition) is 1. The zero-order valence-corrected chi connectivity index (χ0v) is 11.4. The third kappa shape index (κ3) is 3.26. The lowest BCUT2D eigenvalue weighted by atomic mass is 9.82. The van der Waals surface area contributed by atoms with Crippen LogP contribution in [0.3, 0.4) is 0 Å². The molecular weight excluding hydrogens is 228 g/mol. The zero-order valence-electron chi connectivity index (χ0n) is 10.6. The topological polar surface area (TPSA) is 20.2 Å². The van der Waals surface area contributed by atoms with Gasteiger partial charge in [0, 0.05) is 4.90 Å². The van der Waals surface area contributed by atoms with Crippen molar-refractivity contribution in [2.24, 2.45) is 0 Å². The Morgan fingerprint density at radius 3 is 2.35 bits per heavy atom. The summed E-state index contributed by atoms with van der Waals surface area (Å²) in [5, 5.41) is 10.9. The molecule has 94 valence electrons. The minimum absolute atomic E-state index is 0.577. The van der Waals surface area contributed by atoms with Gasteiger partial charge in [-0.25, -0.2) is 0 Å². The van der Waals surface area contributed by atoms with E-state index in [-0.39, 0.29) is 0 Å². The SMILES string of the molecule is CSc1cccc(C2(O)CCCCCCC2)c1. The second kappa shape index (κ2) is 5.92. The van der Waals surface area contributed by atoms with E-state index in [0.29, 0.717) is 0 Å². The number of aliphatic hydroxyl groups is 1. The maximum atomic E-state index is 10.9. The summed E-state index contributed by atoms with van der Waals surface area (Å²) in [5.74, 6) is 0. The Balaban J connectivity index is 2.21. The molecule has 0 saturated heterocycles. The van der Waals surface area contributed by atoms with Crippen molar-refractivity contribution in [1.29, 1.82) is 0 Å². The average Bonchev–Trinajstić information content (AvgIpc) is 2.34. The van der Waals surface area contributed by atoms with Crippen molar-refractivity contribution >= 4 is 11.8 Å². The molecule has 17 heavy (non-hydrogen) atoms. The van der Waals surface area contributed by atoms with E-state index in [9.17, 15) is 5.11 Å². The van der Waals surface area contributed by atoms with Crippen molar-refractivity contribution < 1.29 is 5.11 Å². The third-order valence-corrected chi connectivity index (χ3v) is 4.51. The van der Waals surface area contributed by atoms with E-state index in [2.05, 4.69) is 30.5 Å². The van der Waals surface area contributed by atoms with Crippen LogP contribution in [0.15, 0.2) is 29.2 Å². The van der Waals surface area contributed by atoms with E-state index in [0.717, 1.165) is 31.2 Å². The summed E-state index contributed by atoms with van der Waals surface area (Å²) in [7, 11) is 0. The van der Waals surface area contributed by atoms with Gasteiger partial charge in [0.25, 0.3) is 0 Å². The molecule has 0 bridgehead atoms. The van der Waals surface area contributed by atoms with Gasteiger partial charge in [-0.15, -0.1) is 11.8 Å². The monoisotopic (exact) mass is 250 g/mol. The van der Waals surface area contributed by atoms with Crippen molar-refractivity contribution in [1.82, 2.24) is 0 Å². The molecule has 0 aromatic heterocycles. The lowest BCUT2D eigenvalue weighted by molar-refractivity contribution is 0.00943. The molecule has 0 spiro atoms. The summed E-state index contributed by atoms with van der Waals surface area (Å²) in [6, 6.07) is 8.42. The fraction of sp³-hybridized carbons (Fsp3) is 0.600. The molecule has 0 radical (unpaired) electrons. The molecule has 0 heterocycles. The molecule has 1 aromatic carbocycles. The second-order valence-corrected chi connectivity index (χ2v) is 5.91. The molecule has 0 unspecified atom stereocenters. The average molecular weight is 250 g/mol. The molecule has 1 aromatic rings. The van der Waals surface area contributed by atoms with E-state index in [4.69, 9.17) is 0 Å². The molecule has 1 saturated carbocycles. The third-order valence-electron chi connectivity index (χ3n) is 3.79. The van der Waals surface area contributed by atoms with Crippen LogP contribution in [0.4, 0.5) is 0 Å². The van der Waals surface area contributed by atoms with Crippen LogP contribution in [0.1, 0.15) is 50.5 Å². The van der Waals surface area contributed by atoms with E-state index in [1.165, 1.54) is 24.2 Å². The molecule has 2 rings (SSSR count). The zero-order chi connectivity index (χ0) is 12.1. The maximum Gasteiger partial charge on any atom is 0.0897 e. The van der Waals surface area contributed by atoms with Crippen molar-refractivity contribution in [2.75, 3.05) is 6.26 Å². The van der Waals surface area contributed by atoms with Gasteiger partial charge < -0.3 is 5.11 Å². The molecule has 1 nitrogen and oxygen atoms in total. The Kier molecular flexibility index (Phi) is 4.52. The summed E-state index contributed by atoms with van der Waals surface area (Å²) >= 11 is 1.74. The van der Waals surface area contributed by atoms with Crippen LogP contribution in [0.25, 0.3) is 0 Å². The standard InChI is InChI=1S/C15H22OS/c1-17-14-9-7-8-13(12-14)15(16)10-5-3-2-4-6-11-15/h7-9,12,16H,2-6,10-11H2,1H3. The molecule has 0 amide bonds. The fourth-order valence-electron chi connectivity index (χ4n) is 2.69. The van der Waals surface area contributed by atoms with Gasteiger partial charge in [-0.05, 0) is 36.8 Å². The van der Waals surface area contributed by atoms with E-state index in [1.807, 2.05) is 0 Å². The number of benzene rings is 1. The first-order valence-electron chi connectivity index (χ1n) is 6.61. The summed E-state index contributed by atoms with van der Waals surface area (Å²) in [5.41, 5.74) is 0.540. The van der Waals surface area contributed by atoms with E-state index >= 15 is 0 Å². The largest absolute Gasteiger partial charge is 0.385 e. The lowest BCUT2D eigenvalue weighted by Gasteiger charge is -2.31. The smallest absolute Gasteiger partial charge is 0.0897 e. The molecular formula is C15H22OS. The molecule has 1 aliphatic rings. The van der Waals surface area contributed by atoms with Crippen molar-refractivity contribution in [3.8, 4) is 0 Å². The lowest BCUT2D eigenvalue weighted by Crippen LogP contribution is -2.26. The highest BCUT2D eigenvalue weighted by molar-refractivity contribution is 7.98. The first-order valence-corrected chi connectivity index (χ1v) is 7.84. The maximum absolute atomic E-state index is 10.9. The normalized spacial score (nSPS) is 20.6. The van der Waals surface area contributed by atoms with Crippen molar-refractivity contribution in [2.45, 2.75) is 55.4 Å². The summed E-state index contributed by atoms with van der Waals surface area (Å²) in [6.45, 7) is 0. The quantitative estimate of drug-likeness (QED) is 0.788. The minimum atomic E-state index is -0.577. The summed E-state index contributed by atoms with van der Waals surface area (Å²) in [6.07, 6.45) is 10.1. The van der Waals surface area contributed by atoms with Crippen molar-refractivity contribution in [3.63, 3.8) is 0 Å². The Hall–Kier alpha value is -0.470. The van der Waals surface area contributed by atoms with Crippen LogP contribution in [-0.4, -0.2) is 11.4 Å². The van der Waals surface area contributed by atoms with Crippen LogP contribution in [0, 0.1) is 0 Å². The number of hydrogen-bond acceptors (Lipinski definition) is 2. The van der Waals surface area contributed by atoms with Crippen LogP contribution in [0.5, 0.6) is 0 Å². The summed E-state index contributed by atoms with van der Waals surface area (Å²) < 4.78 is 0. The van der Waals surface area contributed by atoms with E-state index in [1.54, 1.807) is 11.8 Å². The molecule has 0 atom stereocenters. The Morgan fingerprint density at radius 2 is 1.71 bits per heavy atom. The van der Waals surface area contributed by atoms with Crippen LogP contribution < -0.4 is 0 Å². The first kappa shape index (κ1) is 13.0. The number of thioether (sulfide) groups is 1. The van der Waals surface area contributed by atoms with E-state index < -0.39 is 5.60 Å². The van der Waals surface area contributed by atoms with Crippen molar-refractivity contribution in [3.05, 3.63) is 29.8 Å². The highest BCUT2D eigenvalue weighted by Crippen LogP contribution is 2.36. The molecule has 0 aliphatic heterocycles. The van der Waals surface area contributed by atoms with Gasteiger partial charge in [0.05, 0.1) is 5.60 Å². The first-order chi connectivity index (χ1) is 8.24. The Morgan fingerprint density at radius 1 is 1.06 bits per heavy atom. The van der Waals surface area contributed by atoms with Gasteiger partial charge in [0.1, 0.15) is 0 Å². The second-order valence-electron chi connectivity index (χ2n) is 5.03. The van der Waals surface area contributed by atoms with Gasteiger partial charge in [0.2, 0.25) is 0 Å². The van der Waals surface area contributed by atoms with Gasteiger partial charge >= 0.3 is 0 Å². The Bertz CT molecular complexity index is 354. The van der Waals surface area contributed by atoms with Gasteiger partial charge in [-0.1, -0.05) is 44.2 Å². The highest BCUT2D eigenvalue weighted by Gasteiger charge is 2.29. The highest BCUT2D eigenvalue weighted by atomic mass is 32.2. The van der Waals surface area contributed by atoms with Gasteiger partial charge in [0.15, 0.2) is 0 Å². The molecule has 1 fully saturated rings. The van der Waals surface area contributed by atoms with Crippen LogP contribution >= 0.6 is 11.8 Å². The van der Waals surface area contributed by atoms with Crippen LogP contribution in [0.2, 0.25) is 0 Å². The molecule has 1 aliphatic carbocycles. The summed E-state index contributed by atoms with van der Waals surface area (Å²) in [4.78, 5) is 1.25. The molecule has 2 heteroatoms. The minimum Gasteiger partial charge on any atom is -0.385 e. The fourth-order valence-corrected chi connectivity index (χ4v) is 3.15. The van der Waals surface area contributed by atoms with Gasteiger partial charge in [-0.2, -0.15) is 0 Å². The molecule has 1 N–H and O–H groups in total. The van der Waals surface area contributed by atoms with Crippen LogP contribution in [-0.2, 0) is 5.60 Å². The Labute approximate surface area is 109 Å². The predicted octanol–water partition coefficient (Wildman–Crippen LogP) is 4.34.